The lowest BCUT2D eigenvalue weighted by Gasteiger charge is -2.30. The molecule has 0 aliphatic heterocycles. The van der Waals surface area contributed by atoms with Crippen molar-refractivity contribution in [1.82, 2.24) is 0 Å². The van der Waals surface area contributed by atoms with Gasteiger partial charge in [0.05, 0.1) is 6.61 Å². The van der Waals surface area contributed by atoms with Crippen molar-refractivity contribution in [3.63, 3.8) is 0 Å². The molecule has 2 N–H and O–H groups in total. The Kier molecular flexibility index (Phi) is 8.45. The second-order valence-corrected chi connectivity index (χ2v) is 4.55. The second kappa shape index (κ2) is 9.52. The number of aliphatic carboxylic acids is 2. The molecule has 21 heavy (non-hydrogen) atoms. The number of allylic oxidation sites excluding steroid dienone is 2. The number of carbonyl (C=O) groups is 3. The number of carbonyl (C=O) groups excluding carboxylic acids is 1. The molecule has 0 aromatic heterocycles. The number of carboxylic acid groups (broad SMARTS) is 2. The highest BCUT2D eigenvalue weighted by Crippen LogP contribution is 2.32. The van der Waals surface area contributed by atoms with E-state index in [4.69, 9.17) is 14.9 Å². The van der Waals surface area contributed by atoms with E-state index in [9.17, 15) is 14.4 Å². The minimum atomic E-state index is -1.07. The Morgan fingerprint density at radius 2 is 1.57 bits per heavy atom. The van der Waals surface area contributed by atoms with Gasteiger partial charge in [-0.1, -0.05) is 25.7 Å². The fourth-order valence-electron chi connectivity index (χ4n) is 1.69. The fraction of sp³-hybridized carbons (Fsp3) is 0.400. The minimum absolute atomic E-state index is 0.0578. The predicted octanol–water partition coefficient (Wildman–Crippen LogP) is 2.17. The Morgan fingerprint density at radius 3 is 1.90 bits per heavy atom. The zero-order valence-corrected chi connectivity index (χ0v) is 11.9. The predicted molar refractivity (Wildman–Crippen MR) is 76.7 cm³/mol. The van der Waals surface area contributed by atoms with Gasteiger partial charge in [0.2, 0.25) is 0 Å². The standard InChI is InChI=1S/C15H20O6/c1-3-14(20)21-11-15(4-2,9-5-7-12(16)17)10-6-8-13(18)19/h3,5-8H,1,4,9-11H2,2H3,(H,16,17)(H,18,19). The van der Waals surface area contributed by atoms with Crippen molar-refractivity contribution in [1.29, 1.82) is 0 Å². The van der Waals surface area contributed by atoms with Crippen LogP contribution in [0.25, 0.3) is 0 Å². The Labute approximate surface area is 123 Å². The van der Waals surface area contributed by atoms with E-state index < -0.39 is 23.3 Å². The third kappa shape index (κ3) is 8.41. The number of ether oxygens (including phenoxy) is 1. The van der Waals surface area contributed by atoms with Crippen molar-refractivity contribution in [3.05, 3.63) is 37.0 Å². The van der Waals surface area contributed by atoms with Crippen LogP contribution in [-0.4, -0.2) is 34.7 Å². The van der Waals surface area contributed by atoms with Crippen LogP contribution < -0.4 is 0 Å². The van der Waals surface area contributed by atoms with Gasteiger partial charge in [-0.3, -0.25) is 0 Å². The molecule has 0 bridgehead atoms. The van der Waals surface area contributed by atoms with Gasteiger partial charge in [-0.05, 0) is 19.3 Å². The van der Waals surface area contributed by atoms with Crippen LogP contribution in [0.1, 0.15) is 26.2 Å². The van der Waals surface area contributed by atoms with Crippen LogP contribution in [0.4, 0.5) is 0 Å². The van der Waals surface area contributed by atoms with Crippen molar-refractivity contribution in [3.8, 4) is 0 Å². The van der Waals surface area contributed by atoms with Crippen molar-refractivity contribution in [2.24, 2.45) is 5.41 Å². The largest absolute Gasteiger partial charge is 0.478 e. The van der Waals surface area contributed by atoms with E-state index in [0.29, 0.717) is 19.3 Å². The van der Waals surface area contributed by atoms with Gasteiger partial charge in [-0.2, -0.15) is 0 Å². The summed E-state index contributed by atoms with van der Waals surface area (Å²) < 4.78 is 5.04. The summed E-state index contributed by atoms with van der Waals surface area (Å²) in [5.41, 5.74) is -0.545. The molecule has 0 aliphatic rings. The van der Waals surface area contributed by atoms with Crippen LogP contribution in [0.15, 0.2) is 37.0 Å². The molecule has 0 fully saturated rings. The van der Waals surface area contributed by atoms with Crippen LogP contribution in [0.3, 0.4) is 0 Å². The summed E-state index contributed by atoms with van der Waals surface area (Å²) in [5.74, 6) is -2.70. The monoisotopic (exact) mass is 296 g/mol. The molecule has 0 heterocycles. The molecule has 0 atom stereocenters. The lowest BCUT2D eigenvalue weighted by molar-refractivity contribution is -0.141. The summed E-state index contributed by atoms with van der Waals surface area (Å²) in [6.07, 6.45) is 7.31. The maximum Gasteiger partial charge on any atom is 0.330 e. The molecule has 0 aromatic rings. The fourth-order valence-corrected chi connectivity index (χ4v) is 1.69. The summed E-state index contributed by atoms with van der Waals surface area (Å²) in [7, 11) is 0. The normalized spacial score (nSPS) is 14.0. The first kappa shape index (κ1) is 18.6. The zero-order valence-electron chi connectivity index (χ0n) is 11.9. The van der Waals surface area contributed by atoms with Gasteiger partial charge in [0.1, 0.15) is 0 Å². The van der Waals surface area contributed by atoms with Crippen molar-refractivity contribution in [2.75, 3.05) is 6.61 Å². The van der Waals surface area contributed by atoms with Crippen molar-refractivity contribution in [2.45, 2.75) is 26.2 Å². The molecular formula is C15H20O6. The van der Waals surface area contributed by atoms with Gasteiger partial charge in [-0.15, -0.1) is 0 Å². The van der Waals surface area contributed by atoms with E-state index in [2.05, 4.69) is 6.58 Å². The van der Waals surface area contributed by atoms with E-state index in [-0.39, 0.29) is 6.61 Å². The Bertz CT molecular complexity index is 421. The van der Waals surface area contributed by atoms with Crippen LogP contribution in [0.2, 0.25) is 0 Å². The number of hydrogen-bond donors (Lipinski definition) is 2. The number of rotatable bonds is 10. The van der Waals surface area contributed by atoms with E-state index in [1.54, 1.807) is 0 Å². The first-order valence-electron chi connectivity index (χ1n) is 6.43. The lowest BCUT2D eigenvalue weighted by Crippen LogP contribution is -2.27. The third-order valence-corrected chi connectivity index (χ3v) is 3.06. The Balaban J connectivity index is 4.97. The summed E-state index contributed by atoms with van der Waals surface area (Å²) in [5, 5.41) is 17.2. The maximum absolute atomic E-state index is 11.2. The smallest absolute Gasteiger partial charge is 0.330 e. The molecular weight excluding hydrogens is 276 g/mol. The van der Waals surface area contributed by atoms with Gasteiger partial charge in [-0.25, -0.2) is 14.4 Å². The SMILES string of the molecule is C=CC(=O)OCC(CC)(CC=CC(=O)O)CC=CC(=O)O. The first-order chi connectivity index (χ1) is 9.85. The van der Waals surface area contributed by atoms with Gasteiger partial charge in [0.15, 0.2) is 0 Å². The second-order valence-electron chi connectivity index (χ2n) is 4.55. The molecule has 0 spiro atoms. The number of carboxylic acids is 2. The van der Waals surface area contributed by atoms with Crippen LogP contribution >= 0.6 is 0 Å². The molecule has 116 valence electrons. The summed E-state index contributed by atoms with van der Waals surface area (Å²) in [6, 6.07) is 0. The molecule has 0 radical (unpaired) electrons. The Morgan fingerprint density at radius 1 is 1.10 bits per heavy atom. The highest BCUT2D eigenvalue weighted by Gasteiger charge is 2.27. The Hall–Kier alpha value is -2.37. The highest BCUT2D eigenvalue weighted by molar-refractivity contribution is 5.81. The highest BCUT2D eigenvalue weighted by atomic mass is 16.5. The van der Waals surface area contributed by atoms with Gasteiger partial charge >= 0.3 is 17.9 Å². The van der Waals surface area contributed by atoms with E-state index >= 15 is 0 Å². The van der Waals surface area contributed by atoms with E-state index in [0.717, 1.165) is 18.2 Å². The average molecular weight is 296 g/mol. The molecule has 6 heteroatoms. The molecule has 0 saturated carbocycles. The maximum atomic E-state index is 11.2. The molecule has 0 saturated heterocycles. The van der Waals surface area contributed by atoms with E-state index in [1.807, 2.05) is 6.92 Å². The zero-order chi connectivity index (χ0) is 16.3. The number of esters is 1. The first-order valence-corrected chi connectivity index (χ1v) is 6.43. The average Bonchev–Trinajstić information content (AvgIpc) is 2.43. The summed E-state index contributed by atoms with van der Waals surface area (Å²) in [6.45, 7) is 5.22. The molecule has 0 rings (SSSR count). The van der Waals surface area contributed by atoms with Gasteiger partial charge in [0.25, 0.3) is 0 Å². The van der Waals surface area contributed by atoms with Gasteiger partial charge < -0.3 is 14.9 Å². The summed E-state index contributed by atoms with van der Waals surface area (Å²) in [4.78, 5) is 32.2. The van der Waals surface area contributed by atoms with Crippen LogP contribution in [-0.2, 0) is 19.1 Å². The lowest BCUT2D eigenvalue weighted by atomic mass is 9.79. The molecule has 0 aromatic carbocycles. The third-order valence-electron chi connectivity index (χ3n) is 3.06. The molecule has 0 amide bonds. The van der Waals surface area contributed by atoms with Crippen molar-refractivity contribution < 1.29 is 29.3 Å². The van der Waals surface area contributed by atoms with E-state index in [1.165, 1.54) is 12.2 Å². The van der Waals surface area contributed by atoms with Gasteiger partial charge in [0, 0.05) is 23.6 Å². The van der Waals surface area contributed by atoms with Crippen molar-refractivity contribution >= 4 is 17.9 Å². The van der Waals surface area contributed by atoms with Crippen LogP contribution in [0, 0.1) is 5.41 Å². The molecule has 6 nitrogen and oxygen atoms in total. The molecule has 0 unspecified atom stereocenters. The topological polar surface area (TPSA) is 101 Å². The molecule has 0 aliphatic carbocycles. The van der Waals surface area contributed by atoms with Crippen LogP contribution in [0.5, 0.6) is 0 Å². The quantitative estimate of drug-likeness (QED) is 0.473. The minimum Gasteiger partial charge on any atom is -0.478 e. The number of hydrogen-bond acceptors (Lipinski definition) is 4. The summed E-state index contributed by atoms with van der Waals surface area (Å²) >= 11 is 0.